The van der Waals surface area contributed by atoms with E-state index < -0.39 is 0 Å². The molecular weight excluding hydrogens is 446 g/mol. The molecule has 1 aliphatic heterocycles. The average molecular weight is 470 g/mol. The topological polar surface area (TPSA) is 63.4 Å². The first-order chi connectivity index (χ1) is 15.1. The van der Waals surface area contributed by atoms with Gasteiger partial charge in [-0.05, 0) is 67.0 Å². The van der Waals surface area contributed by atoms with Gasteiger partial charge in [-0.1, -0.05) is 17.8 Å². The van der Waals surface area contributed by atoms with E-state index in [2.05, 4.69) is 48.9 Å². The Morgan fingerprint density at radius 2 is 2.10 bits per heavy atom. The van der Waals surface area contributed by atoms with Gasteiger partial charge in [0.2, 0.25) is 11.1 Å². The van der Waals surface area contributed by atoms with Crippen molar-refractivity contribution < 1.29 is 4.79 Å². The summed E-state index contributed by atoms with van der Waals surface area (Å²) < 4.78 is 1.80. The largest absolute Gasteiger partial charge is 0.330 e. The molecule has 160 valence electrons. The monoisotopic (exact) mass is 469 g/mol. The molecule has 5 heterocycles. The second kappa shape index (κ2) is 8.37. The molecule has 0 fully saturated rings. The molecule has 4 aromatic rings. The first kappa shape index (κ1) is 20.7. The van der Waals surface area contributed by atoms with Crippen LogP contribution in [0.5, 0.6) is 0 Å². The van der Waals surface area contributed by atoms with Crippen molar-refractivity contribution >= 4 is 46.1 Å². The summed E-state index contributed by atoms with van der Waals surface area (Å²) in [6.45, 7) is 4.80. The number of rotatable bonds is 5. The Morgan fingerprint density at radius 1 is 1.23 bits per heavy atom. The van der Waals surface area contributed by atoms with Crippen LogP contribution in [0.25, 0.3) is 5.78 Å². The zero-order valence-electron chi connectivity index (χ0n) is 17.7. The van der Waals surface area contributed by atoms with Crippen LogP contribution in [-0.2, 0) is 17.6 Å². The molecule has 0 radical (unpaired) electrons. The second-order valence-electron chi connectivity index (χ2n) is 7.63. The van der Waals surface area contributed by atoms with Gasteiger partial charge in [-0.3, -0.25) is 4.79 Å². The van der Waals surface area contributed by atoms with E-state index in [4.69, 9.17) is 0 Å². The Hall–Kier alpha value is -2.23. The zero-order valence-corrected chi connectivity index (χ0v) is 20.1. The van der Waals surface area contributed by atoms with Crippen molar-refractivity contribution in [1.82, 2.24) is 24.5 Å². The fourth-order valence-corrected chi connectivity index (χ4v) is 6.45. The molecule has 31 heavy (non-hydrogen) atoms. The molecule has 0 aliphatic carbocycles. The fraction of sp³-hybridized carbons (Fsp3) is 0.364. The second-order valence-corrected chi connectivity index (χ2v) is 10.4. The lowest BCUT2D eigenvalue weighted by molar-refractivity contribution is -0.133. The first-order valence-corrected chi connectivity index (χ1v) is 13.2. The molecule has 0 aromatic carbocycles. The molecule has 5 rings (SSSR count). The van der Waals surface area contributed by atoms with Crippen LogP contribution in [0.2, 0.25) is 0 Å². The Balaban J connectivity index is 1.40. The number of nitrogens with zero attached hydrogens (tertiary/aromatic N) is 5. The Bertz CT molecular complexity index is 1240. The molecule has 4 aromatic heterocycles. The maximum absolute atomic E-state index is 13.4. The van der Waals surface area contributed by atoms with Gasteiger partial charge in [-0.25, -0.2) is 9.50 Å². The molecule has 0 saturated heterocycles. The number of aryl methyl sites for hydroxylation is 2. The smallest absolute Gasteiger partial charge is 0.253 e. The Morgan fingerprint density at radius 3 is 2.87 bits per heavy atom. The van der Waals surface area contributed by atoms with Gasteiger partial charge in [0, 0.05) is 34.1 Å². The van der Waals surface area contributed by atoms with Gasteiger partial charge in [0.1, 0.15) is 0 Å². The molecule has 1 unspecified atom stereocenters. The highest BCUT2D eigenvalue weighted by Gasteiger charge is 2.33. The van der Waals surface area contributed by atoms with Gasteiger partial charge in [0.15, 0.2) is 0 Å². The van der Waals surface area contributed by atoms with Crippen LogP contribution in [0.15, 0.2) is 34.1 Å². The number of hydrogen-bond acceptors (Lipinski definition) is 7. The van der Waals surface area contributed by atoms with E-state index in [1.54, 1.807) is 27.2 Å². The Kier molecular flexibility index (Phi) is 5.58. The number of carbonyl (C=O) groups excluding carboxylic acids is 1. The number of hydrogen-bond donors (Lipinski definition) is 0. The Labute approximate surface area is 193 Å². The minimum Gasteiger partial charge on any atom is -0.330 e. The van der Waals surface area contributed by atoms with Crippen LogP contribution in [0.4, 0.5) is 0 Å². The maximum atomic E-state index is 13.4. The molecular formula is C22H23N5OS3. The molecule has 0 spiro atoms. The van der Waals surface area contributed by atoms with Crippen molar-refractivity contribution in [2.45, 2.75) is 44.3 Å². The van der Waals surface area contributed by atoms with Crippen molar-refractivity contribution in [2.75, 3.05) is 12.8 Å². The van der Waals surface area contributed by atoms with E-state index >= 15 is 0 Å². The highest BCUT2D eigenvalue weighted by Crippen LogP contribution is 2.39. The third-order valence-electron chi connectivity index (χ3n) is 5.90. The average Bonchev–Trinajstić information content (AvgIpc) is 3.52. The van der Waals surface area contributed by atoms with E-state index in [1.807, 2.05) is 20.1 Å². The molecule has 6 nitrogen and oxygen atoms in total. The van der Waals surface area contributed by atoms with Crippen LogP contribution in [0.3, 0.4) is 0 Å². The van der Waals surface area contributed by atoms with Crippen molar-refractivity contribution in [3.63, 3.8) is 0 Å². The van der Waals surface area contributed by atoms with Gasteiger partial charge in [0.05, 0.1) is 6.04 Å². The van der Waals surface area contributed by atoms with E-state index in [1.165, 1.54) is 27.1 Å². The van der Waals surface area contributed by atoms with Crippen LogP contribution >= 0.6 is 34.4 Å². The number of fused-ring (bicyclic) bond motifs is 2. The molecule has 0 bridgehead atoms. The standard InChI is InChI=1S/C22H23N5OS3/c1-13-15(14(2)27-21(23-13)24-22(25-27)29-3)6-7-19(28)26-10-8-17-16(9-12-31-17)20(26)18-5-4-11-30-18/h4-5,9,11-12,20H,6-8,10H2,1-3H3. The van der Waals surface area contributed by atoms with Crippen LogP contribution < -0.4 is 0 Å². The van der Waals surface area contributed by atoms with E-state index in [-0.39, 0.29) is 11.9 Å². The SMILES string of the molecule is CSc1nc2nc(C)c(CCC(=O)N3CCc4sccc4C3c3cccs3)c(C)n2n1. The van der Waals surface area contributed by atoms with E-state index in [0.29, 0.717) is 23.8 Å². The van der Waals surface area contributed by atoms with Gasteiger partial charge in [-0.2, -0.15) is 4.98 Å². The molecule has 1 amide bonds. The minimum atomic E-state index is 0.0322. The molecule has 1 aliphatic rings. The third kappa shape index (κ3) is 3.68. The summed E-state index contributed by atoms with van der Waals surface area (Å²) in [5.41, 5.74) is 4.30. The summed E-state index contributed by atoms with van der Waals surface area (Å²) in [6.07, 6.45) is 4.00. The van der Waals surface area contributed by atoms with Crippen LogP contribution in [-0.4, -0.2) is 43.2 Å². The number of thioether (sulfide) groups is 1. The highest BCUT2D eigenvalue weighted by molar-refractivity contribution is 7.98. The third-order valence-corrected chi connectivity index (χ3v) is 8.36. The summed E-state index contributed by atoms with van der Waals surface area (Å²) in [7, 11) is 0. The molecule has 1 atom stereocenters. The zero-order chi connectivity index (χ0) is 21.5. The fourth-order valence-electron chi connectivity index (χ4n) is 4.35. The number of aromatic nitrogens is 4. The van der Waals surface area contributed by atoms with Crippen molar-refractivity contribution in [3.8, 4) is 0 Å². The number of thiophene rings is 2. The predicted octanol–water partition coefficient (Wildman–Crippen LogP) is 4.69. The van der Waals surface area contributed by atoms with Crippen molar-refractivity contribution in [1.29, 1.82) is 0 Å². The van der Waals surface area contributed by atoms with Gasteiger partial charge < -0.3 is 4.90 Å². The lowest BCUT2D eigenvalue weighted by atomic mass is 9.97. The number of amides is 1. The molecule has 0 N–H and O–H groups in total. The van der Waals surface area contributed by atoms with Crippen molar-refractivity contribution in [2.24, 2.45) is 0 Å². The van der Waals surface area contributed by atoms with E-state index in [9.17, 15) is 4.79 Å². The summed E-state index contributed by atoms with van der Waals surface area (Å²) in [5.74, 6) is 0.811. The first-order valence-electron chi connectivity index (χ1n) is 10.2. The number of carbonyl (C=O) groups is 1. The summed E-state index contributed by atoms with van der Waals surface area (Å²) >= 11 is 5.03. The summed E-state index contributed by atoms with van der Waals surface area (Å²) in [4.78, 5) is 27.2. The highest BCUT2D eigenvalue weighted by atomic mass is 32.2. The van der Waals surface area contributed by atoms with E-state index in [0.717, 1.165) is 29.9 Å². The van der Waals surface area contributed by atoms with Gasteiger partial charge in [-0.15, -0.1) is 27.8 Å². The molecule has 9 heteroatoms. The minimum absolute atomic E-state index is 0.0322. The quantitative estimate of drug-likeness (QED) is 0.397. The van der Waals surface area contributed by atoms with Gasteiger partial charge >= 0.3 is 0 Å². The lowest BCUT2D eigenvalue weighted by Crippen LogP contribution is -2.39. The normalized spacial score (nSPS) is 16.1. The maximum Gasteiger partial charge on any atom is 0.253 e. The van der Waals surface area contributed by atoms with Crippen LogP contribution in [0, 0.1) is 13.8 Å². The van der Waals surface area contributed by atoms with Gasteiger partial charge in [0.25, 0.3) is 5.78 Å². The van der Waals surface area contributed by atoms with Crippen LogP contribution in [0.1, 0.15) is 44.7 Å². The lowest BCUT2D eigenvalue weighted by Gasteiger charge is -2.35. The van der Waals surface area contributed by atoms with Crippen molar-refractivity contribution in [3.05, 3.63) is 61.2 Å². The summed E-state index contributed by atoms with van der Waals surface area (Å²) in [5, 5.41) is 9.47. The predicted molar refractivity (Wildman–Crippen MR) is 126 cm³/mol. The molecule has 0 saturated carbocycles. The summed E-state index contributed by atoms with van der Waals surface area (Å²) in [6, 6.07) is 6.43.